The van der Waals surface area contributed by atoms with Crippen LogP contribution in [-0.2, 0) is 6.42 Å². The molecule has 4 rings (SSSR count). The van der Waals surface area contributed by atoms with E-state index >= 15 is 0 Å². The van der Waals surface area contributed by atoms with Gasteiger partial charge in [0.2, 0.25) is 5.43 Å². The Morgan fingerprint density at radius 3 is 2.34 bits per heavy atom. The van der Waals surface area contributed by atoms with Crippen molar-refractivity contribution in [2.45, 2.75) is 39.5 Å². The van der Waals surface area contributed by atoms with Gasteiger partial charge in [0.1, 0.15) is 0 Å². The van der Waals surface area contributed by atoms with Crippen LogP contribution >= 0.6 is 11.6 Å². The first-order chi connectivity index (χ1) is 15.4. The lowest BCUT2D eigenvalue weighted by molar-refractivity contribution is 0.0677. The van der Waals surface area contributed by atoms with Crippen LogP contribution in [0, 0.1) is 19.8 Å². The number of aromatic nitrogens is 2. The molecule has 1 aliphatic rings. The molecule has 5 nitrogen and oxygen atoms in total. The van der Waals surface area contributed by atoms with Crippen molar-refractivity contribution in [1.29, 1.82) is 0 Å². The number of hydrogen-bond donors (Lipinski definition) is 0. The Bertz CT molecular complexity index is 1150. The summed E-state index contributed by atoms with van der Waals surface area (Å²) < 4.78 is 1.62. The summed E-state index contributed by atoms with van der Waals surface area (Å²) in [6.07, 6.45) is 4.09. The topological polar surface area (TPSA) is 55.2 Å². The van der Waals surface area contributed by atoms with Crippen molar-refractivity contribution in [2.75, 3.05) is 13.1 Å². The largest absolute Gasteiger partial charge is 0.337 e. The fourth-order valence-corrected chi connectivity index (χ4v) is 4.37. The summed E-state index contributed by atoms with van der Waals surface area (Å²) in [6, 6.07) is 17.3. The summed E-state index contributed by atoms with van der Waals surface area (Å²) in [5.41, 5.74) is 3.71. The van der Waals surface area contributed by atoms with Gasteiger partial charge in [0.15, 0.2) is 5.69 Å². The van der Waals surface area contributed by atoms with Crippen LogP contribution in [0.1, 0.15) is 46.6 Å². The first kappa shape index (κ1) is 22.3. The molecule has 0 aliphatic carbocycles. The molecule has 1 amide bonds. The molecule has 0 atom stereocenters. The number of carbonyl (C=O) groups is 1. The van der Waals surface area contributed by atoms with Crippen molar-refractivity contribution in [1.82, 2.24) is 14.7 Å². The van der Waals surface area contributed by atoms with Crippen LogP contribution in [-0.4, -0.2) is 33.7 Å². The van der Waals surface area contributed by atoms with Crippen molar-refractivity contribution in [3.05, 3.63) is 92.4 Å². The molecule has 1 aromatic heterocycles. The minimum absolute atomic E-state index is 0.0244. The van der Waals surface area contributed by atoms with Gasteiger partial charge >= 0.3 is 0 Å². The zero-order valence-electron chi connectivity index (χ0n) is 18.6. The normalized spacial score (nSPS) is 14.5. The summed E-state index contributed by atoms with van der Waals surface area (Å²) in [6.45, 7) is 5.22. The van der Waals surface area contributed by atoms with Gasteiger partial charge in [-0.05, 0) is 75.3 Å². The number of piperidine rings is 1. The summed E-state index contributed by atoms with van der Waals surface area (Å²) in [4.78, 5) is 27.5. The lowest BCUT2D eigenvalue weighted by Gasteiger charge is -2.31. The molecule has 166 valence electrons. The van der Waals surface area contributed by atoms with E-state index in [9.17, 15) is 9.59 Å². The number of amides is 1. The van der Waals surface area contributed by atoms with Crippen molar-refractivity contribution in [2.24, 2.45) is 5.92 Å². The number of aryl methyl sites for hydroxylation is 3. The average molecular weight is 450 g/mol. The van der Waals surface area contributed by atoms with Crippen LogP contribution in [0.4, 0.5) is 0 Å². The Morgan fingerprint density at radius 1 is 1.03 bits per heavy atom. The Morgan fingerprint density at radius 2 is 1.69 bits per heavy atom. The highest BCUT2D eigenvalue weighted by molar-refractivity contribution is 6.30. The van der Waals surface area contributed by atoms with E-state index in [2.05, 4.69) is 36.3 Å². The highest BCUT2D eigenvalue weighted by atomic mass is 35.5. The number of carbonyl (C=O) groups excluding carboxylic acids is 1. The molecule has 32 heavy (non-hydrogen) atoms. The number of hydrogen-bond acceptors (Lipinski definition) is 3. The highest BCUT2D eigenvalue weighted by Crippen LogP contribution is 2.23. The van der Waals surface area contributed by atoms with E-state index in [1.54, 1.807) is 28.6 Å². The fraction of sp³-hybridized carbons (Fsp3) is 0.346. The maximum atomic E-state index is 13.1. The third-order valence-electron chi connectivity index (χ3n) is 6.24. The summed E-state index contributed by atoms with van der Waals surface area (Å²) in [7, 11) is 0. The van der Waals surface area contributed by atoms with Gasteiger partial charge in [-0.2, -0.15) is 5.10 Å². The van der Waals surface area contributed by atoms with Crippen molar-refractivity contribution < 1.29 is 4.79 Å². The highest BCUT2D eigenvalue weighted by Gasteiger charge is 2.26. The fourth-order valence-electron chi connectivity index (χ4n) is 4.24. The van der Waals surface area contributed by atoms with Gasteiger partial charge in [-0.15, -0.1) is 0 Å². The van der Waals surface area contributed by atoms with Crippen LogP contribution in [0.5, 0.6) is 0 Å². The first-order valence-electron chi connectivity index (χ1n) is 11.1. The second kappa shape index (κ2) is 9.70. The average Bonchev–Trinajstić information content (AvgIpc) is 2.79. The van der Waals surface area contributed by atoms with Gasteiger partial charge in [-0.25, -0.2) is 4.68 Å². The van der Waals surface area contributed by atoms with E-state index in [0.29, 0.717) is 29.7 Å². The lowest BCUT2D eigenvalue weighted by atomic mass is 9.90. The Labute approximate surface area is 193 Å². The number of likely N-dealkylation sites (tertiary alicyclic amines) is 1. The SMILES string of the molecule is Cc1ccc(CCC2CCN(C(=O)c3nn(-c4ccc(Cl)cc4)c(C)cc3=O)CC2)cc1. The molecule has 0 unspecified atom stereocenters. The third kappa shape index (κ3) is 5.10. The minimum atomic E-state index is -0.334. The van der Waals surface area contributed by atoms with E-state index in [0.717, 1.165) is 31.4 Å². The maximum absolute atomic E-state index is 13.1. The molecule has 0 saturated carbocycles. The molecule has 0 bridgehead atoms. The Kier molecular flexibility index (Phi) is 6.75. The van der Waals surface area contributed by atoms with E-state index < -0.39 is 0 Å². The van der Waals surface area contributed by atoms with E-state index in [1.165, 1.54) is 17.2 Å². The molecule has 3 aromatic rings. The van der Waals surface area contributed by atoms with Crippen molar-refractivity contribution in [3.63, 3.8) is 0 Å². The van der Waals surface area contributed by atoms with Gasteiger partial charge in [0.25, 0.3) is 5.91 Å². The molecule has 6 heteroatoms. The number of halogens is 1. The number of benzene rings is 2. The van der Waals surface area contributed by atoms with Gasteiger partial charge in [-0.3, -0.25) is 9.59 Å². The van der Waals surface area contributed by atoms with Gasteiger partial charge < -0.3 is 4.90 Å². The molecule has 1 fully saturated rings. The molecule has 1 saturated heterocycles. The molecule has 0 radical (unpaired) electrons. The molecule has 0 N–H and O–H groups in total. The second-order valence-corrected chi connectivity index (χ2v) is 9.08. The molecular formula is C26H28ClN3O2. The van der Waals surface area contributed by atoms with Crippen LogP contribution in [0.15, 0.2) is 59.4 Å². The summed E-state index contributed by atoms with van der Waals surface area (Å²) >= 11 is 5.98. The smallest absolute Gasteiger partial charge is 0.278 e. The van der Waals surface area contributed by atoms with Gasteiger partial charge in [0, 0.05) is 29.9 Å². The quantitative estimate of drug-likeness (QED) is 0.551. The zero-order chi connectivity index (χ0) is 22.7. The molecular weight excluding hydrogens is 422 g/mol. The standard InChI is InChI=1S/C26H28ClN3O2/c1-18-3-5-20(6-4-18)7-8-21-13-15-29(16-14-21)26(32)25-24(31)17-19(2)30(28-25)23-11-9-22(27)10-12-23/h3-6,9-12,17,21H,7-8,13-16H2,1-2H3. The Balaban J connectivity index is 1.41. The predicted octanol–water partition coefficient (Wildman–Crippen LogP) is 4.99. The monoisotopic (exact) mass is 449 g/mol. The van der Waals surface area contributed by atoms with Crippen molar-refractivity contribution in [3.8, 4) is 5.69 Å². The Hall–Kier alpha value is -2.92. The third-order valence-corrected chi connectivity index (χ3v) is 6.50. The van der Waals surface area contributed by atoms with Gasteiger partial charge in [0.05, 0.1) is 5.69 Å². The number of rotatable bonds is 5. The van der Waals surface area contributed by atoms with Crippen LogP contribution in [0.3, 0.4) is 0 Å². The van der Waals surface area contributed by atoms with Gasteiger partial charge in [-0.1, -0.05) is 41.4 Å². The molecule has 2 aromatic carbocycles. The number of nitrogens with zero attached hydrogens (tertiary/aromatic N) is 3. The van der Waals surface area contributed by atoms with Crippen LogP contribution < -0.4 is 5.43 Å². The second-order valence-electron chi connectivity index (χ2n) is 8.65. The van der Waals surface area contributed by atoms with E-state index in [4.69, 9.17) is 11.6 Å². The maximum Gasteiger partial charge on any atom is 0.278 e. The van der Waals surface area contributed by atoms with E-state index in [-0.39, 0.29) is 17.0 Å². The molecule has 1 aliphatic heterocycles. The lowest BCUT2D eigenvalue weighted by Crippen LogP contribution is -2.41. The summed E-state index contributed by atoms with van der Waals surface area (Å²) in [5.74, 6) is 0.312. The van der Waals surface area contributed by atoms with E-state index in [1.807, 2.05) is 12.1 Å². The summed E-state index contributed by atoms with van der Waals surface area (Å²) in [5, 5.41) is 5.04. The minimum Gasteiger partial charge on any atom is -0.337 e. The zero-order valence-corrected chi connectivity index (χ0v) is 19.3. The first-order valence-corrected chi connectivity index (χ1v) is 11.5. The molecule has 2 heterocycles. The van der Waals surface area contributed by atoms with Crippen LogP contribution in [0.2, 0.25) is 5.02 Å². The predicted molar refractivity (Wildman–Crippen MR) is 128 cm³/mol. The van der Waals surface area contributed by atoms with Crippen molar-refractivity contribution >= 4 is 17.5 Å². The molecule has 0 spiro atoms. The van der Waals surface area contributed by atoms with Crippen LogP contribution in [0.25, 0.3) is 5.69 Å².